The molecule has 0 aliphatic carbocycles. The quantitative estimate of drug-likeness (QED) is 0.675. The van der Waals surface area contributed by atoms with Gasteiger partial charge in [-0.25, -0.2) is 4.98 Å². The molecule has 0 bridgehead atoms. The minimum Gasteiger partial charge on any atom is -0.493 e. The Bertz CT molecular complexity index is 886. The first-order chi connectivity index (χ1) is 11.6. The molecule has 1 N–H and O–H groups in total. The largest absolute Gasteiger partial charge is 0.493 e. The summed E-state index contributed by atoms with van der Waals surface area (Å²) in [7, 11) is 1.63. The molecule has 0 radical (unpaired) electrons. The maximum Gasteiger partial charge on any atom is 0.162 e. The number of allylic oxidation sites excluding steroid dienone is 1. The van der Waals surface area contributed by atoms with E-state index in [0.29, 0.717) is 16.5 Å². The average molecular weight is 343 g/mol. The zero-order chi connectivity index (χ0) is 17.1. The van der Waals surface area contributed by atoms with Crippen LogP contribution in [0.15, 0.2) is 42.5 Å². The van der Waals surface area contributed by atoms with Crippen LogP contribution in [0.25, 0.3) is 17.1 Å². The molecule has 0 fully saturated rings. The lowest BCUT2D eigenvalue weighted by Gasteiger charge is -2.15. The van der Waals surface area contributed by atoms with Crippen molar-refractivity contribution in [2.75, 3.05) is 7.11 Å². The monoisotopic (exact) mass is 342 g/mol. The van der Waals surface area contributed by atoms with Crippen LogP contribution in [0.4, 0.5) is 0 Å². The minimum atomic E-state index is -0.252. The maximum absolute atomic E-state index is 6.04. The van der Waals surface area contributed by atoms with Crippen LogP contribution in [-0.2, 0) is 0 Å². The van der Waals surface area contributed by atoms with Crippen LogP contribution in [0.2, 0.25) is 5.02 Å². The Balaban J connectivity index is 1.86. The molecule has 2 aromatic carbocycles. The van der Waals surface area contributed by atoms with Crippen LogP contribution in [-0.4, -0.2) is 17.1 Å². The lowest BCUT2D eigenvalue weighted by Crippen LogP contribution is -2.06. The fraction of sp³-hybridized carbons (Fsp3) is 0.211. The lowest BCUT2D eigenvalue weighted by atomic mass is 10.2. The van der Waals surface area contributed by atoms with Gasteiger partial charge in [0.2, 0.25) is 0 Å². The molecule has 1 atom stereocenters. The number of hydrogen-bond acceptors (Lipinski definition) is 3. The highest BCUT2D eigenvalue weighted by Gasteiger charge is 2.15. The zero-order valence-electron chi connectivity index (χ0n) is 13.8. The van der Waals surface area contributed by atoms with Crippen LogP contribution in [0.1, 0.15) is 31.3 Å². The predicted molar refractivity (Wildman–Crippen MR) is 97.8 cm³/mol. The van der Waals surface area contributed by atoms with E-state index in [4.69, 9.17) is 21.1 Å². The van der Waals surface area contributed by atoms with Crippen LogP contribution < -0.4 is 9.47 Å². The van der Waals surface area contributed by atoms with Crippen molar-refractivity contribution in [3.8, 4) is 11.5 Å². The molecule has 0 amide bonds. The van der Waals surface area contributed by atoms with Crippen molar-refractivity contribution in [3.63, 3.8) is 0 Å². The zero-order valence-corrected chi connectivity index (χ0v) is 14.6. The average Bonchev–Trinajstić information content (AvgIpc) is 2.99. The Hall–Kier alpha value is -2.46. The minimum absolute atomic E-state index is 0.252. The Morgan fingerprint density at radius 1 is 1.17 bits per heavy atom. The van der Waals surface area contributed by atoms with E-state index >= 15 is 0 Å². The third-order valence-electron chi connectivity index (χ3n) is 3.70. The van der Waals surface area contributed by atoms with E-state index < -0.39 is 0 Å². The number of imidazole rings is 1. The van der Waals surface area contributed by atoms with Gasteiger partial charge in [-0.05, 0) is 49.7 Å². The van der Waals surface area contributed by atoms with E-state index in [-0.39, 0.29) is 6.10 Å². The first-order valence-corrected chi connectivity index (χ1v) is 8.11. The molecule has 4 nitrogen and oxygen atoms in total. The van der Waals surface area contributed by atoms with Crippen molar-refractivity contribution in [2.45, 2.75) is 20.0 Å². The van der Waals surface area contributed by atoms with Gasteiger partial charge < -0.3 is 14.5 Å². The number of benzene rings is 2. The number of methoxy groups -OCH3 is 1. The first kappa shape index (κ1) is 16.4. The Morgan fingerprint density at radius 3 is 2.75 bits per heavy atom. The van der Waals surface area contributed by atoms with E-state index in [9.17, 15) is 0 Å². The van der Waals surface area contributed by atoms with E-state index in [0.717, 1.165) is 22.4 Å². The van der Waals surface area contributed by atoms with Crippen LogP contribution in [0.5, 0.6) is 11.5 Å². The van der Waals surface area contributed by atoms with Crippen molar-refractivity contribution in [3.05, 3.63) is 58.9 Å². The number of fused-ring (bicyclic) bond motifs is 1. The number of nitrogens with one attached hydrogen (secondary N) is 1. The normalized spacial score (nSPS) is 12.7. The number of rotatable bonds is 5. The molecule has 1 heterocycles. The molecule has 5 heteroatoms. The molecule has 0 spiro atoms. The fourth-order valence-corrected chi connectivity index (χ4v) is 2.69. The second kappa shape index (κ2) is 6.97. The fourth-order valence-electron chi connectivity index (χ4n) is 2.52. The van der Waals surface area contributed by atoms with Crippen molar-refractivity contribution in [1.29, 1.82) is 0 Å². The SMILES string of the molecule is C/C=C/c1ccc(OC(C)c2nc3ccc(Cl)cc3[nH]2)c(OC)c1. The summed E-state index contributed by atoms with van der Waals surface area (Å²) in [6.45, 7) is 3.92. The molecule has 0 saturated heterocycles. The summed E-state index contributed by atoms with van der Waals surface area (Å²) in [5.74, 6) is 2.11. The third kappa shape index (κ3) is 3.39. The Morgan fingerprint density at radius 2 is 2.00 bits per heavy atom. The third-order valence-corrected chi connectivity index (χ3v) is 3.93. The van der Waals surface area contributed by atoms with Crippen LogP contribution >= 0.6 is 11.6 Å². The van der Waals surface area contributed by atoms with Gasteiger partial charge in [-0.1, -0.05) is 29.8 Å². The summed E-state index contributed by atoms with van der Waals surface area (Å²) in [6.07, 6.45) is 3.74. The summed E-state index contributed by atoms with van der Waals surface area (Å²) in [5, 5.41) is 0.674. The second-order valence-electron chi connectivity index (χ2n) is 5.45. The summed E-state index contributed by atoms with van der Waals surface area (Å²) < 4.78 is 11.5. The smallest absolute Gasteiger partial charge is 0.162 e. The summed E-state index contributed by atoms with van der Waals surface area (Å²) in [4.78, 5) is 7.81. The summed E-state index contributed by atoms with van der Waals surface area (Å²) in [6, 6.07) is 11.4. The van der Waals surface area contributed by atoms with E-state index in [2.05, 4.69) is 9.97 Å². The van der Waals surface area contributed by atoms with Crippen molar-refractivity contribution < 1.29 is 9.47 Å². The van der Waals surface area contributed by atoms with E-state index in [1.165, 1.54) is 0 Å². The van der Waals surface area contributed by atoms with E-state index in [1.807, 2.05) is 62.4 Å². The van der Waals surface area contributed by atoms with Gasteiger partial charge in [0.1, 0.15) is 5.82 Å². The van der Waals surface area contributed by atoms with Gasteiger partial charge in [0, 0.05) is 5.02 Å². The predicted octanol–water partition coefficient (Wildman–Crippen LogP) is 5.40. The maximum atomic E-state index is 6.04. The second-order valence-corrected chi connectivity index (χ2v) is 5.89. The molecule has 3 aromatic rings. The molecule has 1 aromatic heterocycles. The standard InChI is InChI=1S/C19H19ClN2O2/c1-4-5-13-6-9-17(18(10-13)23-3)24-12(2)19-21-15-8-7-14(20)11-16(15)22-19/h4-12H,1-3H3,(H,21,22)/b5-4+. The molecular formula is C19H19ClN2O2. The number of halogens is 1. The molecule has 3 rings (SSSR count). The lowest BCUT2D eigenvalue weighted by molar-refractivity contribution is 0.208. The van der Waals surface area contributed by atoms with Crippen molar-refractivity contribution in [2.24, 2.45) is 0 Å². The van der Waals surface area contributed by atoms with Crippen LogP contribution in [0.3, 0.4) is 0 Å². The number of nitrogens with zero attached hydrogens (tertiary/aromatic N) is 1. The van der Waals surface area contributed by atoms with Gasteiger partial charge in [-0.15, -0.1) is 0 Å². The molecule has 1 unspecified atom stereocenters. The van der Waals surface area contributed by atoms with Gasteiger partial charge in [0.15, 0.2) is 17.6 Å². The Labute approximate surface area is 146 Å². The molecule has 0 aliphatic heterocycles. The highest BCUT2D eigenvalue weighted by molar-refractivity contribution is 6.31. The highest BCUT2D eigenvalue weighted by Crippen LogP contribution is 2.32. The molecule has 124 valence electrons. The Kier molecular flexibility index (Phi) is 4.76. The first-order valence-electron chi connectivity index (χ1n) is 7.73. The van der Waals surface area contributed by atoms with Gasteiger partial charge in [0.05, 0.1) is 18.1 Å². The summed E-state index contributed by atoms with van der Waals surface area (Å²) >= 11 is 6.02. The van der Waals surface area contributed by atoms with Gasteiger partial charge in [-0.2, -0.15) is 0 Å². The number of aromatic amines is 1. The number of hydrogen-bond donors (Lipinski definition) is 1. The van der Waals surface area contributed by atoms with Crippen molar-refractivity contribution in [1.82, 2.24) is 9.97 Å². The number of aromatic nitrogens is 2. The summed E-state index contributed by atoms with van der Waals surface area (Å²) in [5.41, 5.74) is 2.82. The van der Waals surface area contributed by atoms with Crippen molar-refractivity contribution >= 4 is 28.7 Å². The van der Waals surface area contributed by atoms with Crippen LogP contribution in [0, 0.1) is 0 Å². The molecule has 0 saturated carbocycles. The molecular weight excluding hydrogens is 324 g/mol. The van der Waals surface area contributed by atoms with Gasteiger partial charge in [-0.3, -0.25) is 0 Å². The highest BCUT2D eigenvalue weighted by atomic mass is 35.5. The van der Waals surface area contributed by atoms with E-state index in [1.54, 1.807) is 7.11 Å². The van der Waals surface area contributed by atoms with Gasteiger partial charge in [0.25, 0.3) is 0 Å². The van der Waals surface area contributed by atoms with Gasteiger partial charge >= 0.3 is 0 Å². The molecule has 0 aliphatic rings. The molecule has 24 heavy (non-hydrogen) atoms. The number of H-pyrrole nitrogens is 1. The topological polar surface area (TPSA) is 47.1 Å². The number of ether oxygens (including phenoxy) is 2.